The first-order chi connectivity index (χ1) is 16.7. The highest BCUT2D eigenvalue weighted by molar-refractivity contribution is 5.86. The van der Waals surface area contributed by atoms with E-state index in [1.165, 1.54) is 30.3 Å². The van der Waals surface area contributed by atoms with Gasteiger partial charge in [-0.3, -0.25) is 0 Å². The lowest BCUT2D eigenvalue weighted by Gasteiger charge is -2.20. The lowest BCUT2D eigenvalue weighted by molar-refractivity contribution is -0.274. The minimum Gasteiger partial charge on any atom is -0.406 e. The lowest BCUT2D eigenvalue weighted by atomic mass is 9.85. The van der Waals surface area contributed by atoms with E-state index in [2.05, 4.69) is 11.7 Å². The summed E-state index contributed by atoms with van der Waals surface area (Å²) in [5, 5.41) is 0. The second kappa shape index (κ2) is 10.2. The molecule has 0 heterocycles. The van der Waals surface area contributed by atoms with Crippen LogP contribution in [0.1, 0.15) is 54.9 Å². The molecule has 0 atom stereocenters. The summed E-state index contributed by atoms with van der Waals surface area (Å²) >= 11 is 0. The Morgan fingerprint density at radius 2 is 1.54 bits per heavy atom. The molecule has 35 heavy (non-hydrogen) atoms. The number of benzene rings is 3. The molecule has 1 aliphatic rings. The monoisotopic (exact) mass is 490 g/mol. The fraction of sp³-hybridized carbons (Fsp3) is 0.286. The van der Waals surface area contributed by atoms with Crippen LogP contribution in [-0.2, 0) is 12.8 Å². The molecule has 0 aliphatic heterocycles. The zero-order valence-corrected chi connectivity index (χ0v) is 19.1. The van der Waals surface area contributed by atoms with Gasteiger partial charge in [0.05, 0.1) is 0 Å². The van der Waals surface area contributed by atoms with E-state index in [1.54, 1.807) is 12.1 Å². The molecule has 3 aromatic rings. The van der Waals surface area contributed by atoms with E-state index in [0.717, 1.165) is 31.4 Å². The first-order valence-corrected chi connectivity index (χ1v) is 11.5. The third-order valence-corrected chi connectivity index (χ3v) is 6.14. The number of allylic oxidation sites excluding steroid dienone is 1. The summed E-state index contributed by atoms with van der Waals surface area (Å²) in [6.07, 6.45) is 0.784. The van der Waals surface area contributed by atoms with Crippen LogP contribution in [0.4, 0.5) is 26.3 Å². The Hall–Kier alpha value is -3.22. The Morgan fingerprint density at radius 1 is 0.857 bits per heavy atom. The molecule has 0 N–H and O–H groups in total. The molecule has 0 aromatic heterocycles. The number of ether oxygens (including phenoxy) is 1. The quantitative estimate of drug-likeness (QED) is 0.237. The van der Waals surface area contributed by atoms with Gasteiger partial charge < -0.3 is 4.74 Å². The fourth-order valence-electron chi connectivity index (χ4n) is 4.46. The Balaban J connectivity index is 1.60. The van der Waals surface area contributed by atoms with Crippen molar-refractivity contribution in [2.75, 3.05) is 0 Å². The Labute approximate surface area is 200 Å². The van der Waals surface area contributed by atoms with E-state index in [1.807, 2.05) is 0 Å². The van der Waals surface area contributed by atoms with Crippen LogP contribution < -0.4 is 4.74 Å². The summed E-state index contributed by atoms with van der Waals surface area (Å²) in [6, 6.07) is 10.9. The predicted octanol–water partition coefficient (Wildman–Crippen LogP) is 8.89. The molecule has 0 spiro atoms. The zero-order chi connectivity index (χ0) is 25.2. The minimum absolute atomic E-state index is 0.0837. The number of hydrogen-bond acceptors (Lipinski definition) is 1. The van der Waals surface area contributed by atoms with Gasteiger partial charge in [0.1, 0.15) is 23.2 Å². The molecule has 3 aromatic carbocycles. The highest BCUT2D eigenvalue weighted by Gasteiger charge is 2.31. The van der Waals surface area contributed by atoms with Crippen molar-refractivity contribution >= 4 is 11.6 Å². The van der Waals surface area contributed by atoms with Crippen molar-refractivity contribution in [3.8, 4) is 16.9 Å². The molecular formula is C28H24F6O. The maximum atomic E-state index is 15.3. The van der Waals surface area contributed by atoms with Crippen LogP contribution in [-0.4, -0.2) is 6.36 Å². The van der Waals surface area contributed by atoms with Crippen molar-refractivity contribution in [3.05, 3.63) is 88.2 Å². The molecule has 0 bridgehead atoms. The zero-order valence-electron chi connectivity index (χ0n) is 19.1. The summed E-state index contributed by atoms with van der Waals surface area (Å²) < 4.78 is 86.0. The minimum atomic E-state index is -4.81. The fourth-order valence-corrected chi connectivity index (χ4v) is 4.46. The summed E-state index contributed by atoms with van der Waals surface area (Å²) in [5.41, 5.74) is 2.55. The maximum absolute atomic E-state index is 15.3. The molecule has 0 radical (unpaired) electrons. The van der Waals surface area contributed by atoms with Gasteiger partial charge in [-0.15, -0.1) is 13.2 Å². The normalized spacial score (nSPS) is 13.4. The average molecular weight is 490 g/mol. The number of hydrogen-bond donors (Lipinski definition) is 0. The maximum Gasteiger partial charge on any atom is 0.573 e. The van der Waals surface area contributed by atoms with Crippen LogP contribution in [0.5, 0.6) is 5.75 Å². The molecule has 7 heteroatoms. The number of aryl methyl sites for hydroxylation is 1. The Bertz CT molecular complexity index is 1220. The van der Waals surface area contributed by atoms with Gasteiger partial charge in [-0.25, -0.2) is 13.2 Å². The standard InChI is InChI=1S/C28H24F6O/c1-2-3-4-5-17-14-24(29)26(25(30)15-17)20-9-13-23-19(16-20)8-12-22(27(23)31)18-6-10-21(11-7-18)35-28(32,33)34/h6-8,10-12,14-16H,2-5,9,13H2,1H3. The van der Waals surface area contributed by atoms with Gasteiger partial charge in [0.25, 0.3) is 0 Å². The molecule has 0 unspecified atom stereocenters. The van der Waals surface area contributed by atoms with Crippen LogP contribution in [0.3, 0.4) is 0 Å². The third kappa shape index (κ3) is 5.72. The van der Waals surface area contributed by atoms with Crippen LogP contribution >= 0.6 is 0 Å². The molecule has 184 valence electrons. The van der Waals surface area contributed by atoms with E-state index in [9.17, 15) is 22.0 Å². The summed E-state index contributed by atoms with van der Waals surface area (Å²) in [7, 11) is 0. The molecule has 0 saturated carbocycles. The van der Waals surface area contributed by atoms with Gasteiger partial charge in [-0.1, -0.05) is 50.1 Å². The van der Waals surface area contributed by atoms with Gasteiger partial charge in [0.2, 0.25) is 0 Å². The van der Waals surface area contributed by atoms with E-state index < -0.39 is 29.6 Å². The average Bonchev–Trinajstić information content (AvgIpc) is 2.79. The van der Waals surface area contributed by atoms with Gasteiger partial charge in [0.15, 0.2) is 0 Å². The molecule has 0 amide bonds. The Kier molecular flexibility index (Phi) is 7.24. The van der Waals surface area contributed by atoms with Gasteiger partial charge in [0, 0.05) is 11.1 Å². The molecule has 4 rings (SSSR count). The van der Waals surface area contributed by atoms with E-state index >= 15 is 4.39 Å². The number of halogens is 6. The predicted molar refractivity (Wildman–Crippen MR) is 124 cm³/mol. The topological polar surface area (TPSA) is 9.23 Å². The van der Waals surface area contributed by atoms with Crippen molar-refractivity contribution in [2.45, 2.75) is 51.8 Å². The van der Waals surface area contributed by atoms with Gasteiger partial charge >= 0.3 is 6.36 Å². The molecule has 1 aliphatic carbocycles. The van der Waals surface area contributed by atoms with Crippen molar-refractivity contribution in [2.24, 2.45) is 0 Å². The molecular weight excluding hydrogens is 466 g/mol. The summed E-state index contributed by atoms with van der Waals surface area (Å²) in [6.45, 7) is 2.06. The van der Waals surface area contributed by atoms with E-state index in [4.69, 9.17) is 0 Å². The van der Waals surface area contributed by atoms with Crippen molar-refractivity contribution < 1.29 is 31.1 Å². The molecule has 0 fully saturated rings. The van der Waals surface area contributed by atoms with Crippen molar-refractivity contribution in [1.82, 2.24) is 0 Å². The number of fused-ring (bicyclic) bond motifs is 1. The highest BCUT2D eigenvalue weighted by atomic mass is 19.4. The smallest absolute Gasteiger partial charge is 0.406 e. The third-order valence-electron chi connectivity index (χ3n) is 6.14. The number of unbranched alkanes of at least 4 members (excludes halogenated alkanes) is 2. The van der Waals surface area contributed by atoms with E-state index in [0.29, 0.717) is 34.2 Å². The van der Waals surface area contributed by atoms with Crippen LogP contribution in [0, 0.1) is 17.5 Å². The van der Waals surface area contributed by atoms with Crippen LogP contribution in [0.25, 0.3) is 22.8 Å². The number of alkyl halides is 3. The van der Waals surface area contributed by atoms with Gasteiger partial charge in [-0.2, -0.15) is 0 Å². The summed E-state index contributed by atoms with van der Waals surface area (Å²) in [5.74, 6) is -2.14. The second-order valence-electron chi connectivity index (χ2n) is 8.63. The highest BCUT2D eigenvalue weighted by Crippen LogP contribution is 2.38. The van der Waals surface area contributed by atoms with Gasteiger partial charge in [-0.05, 0) is 77.8 Å². The molecule has 0 saturated heterocycles. The first kappa shape index (κ1) is 24.9. The van der Waals surface area contributed by atoms with Crippen LogP contribution in [0.2, 0.25) is 0 Å². The second-order valence-corrected chi connectivity index (χ2v) is 8.63. The molecule has 1 nitrogen and oxygen atoms in total. The first-order valence-electron chi connectivity index (χ1n) is 11.5. The lowest BCUT2D eigenvalue weighted by Crippen LogP contribution is -2.16. The van der Waals surface area contributed by atoms with E-state index in [-0.39, 0.29) is 24.0 Å². The Morgan fingerprint density at radius 3 is 2.17 bits per heavy atom. The number of rotatable bonds is 7. The van der Waals surface area contributed by atoms with Crippen molar-refractivity contribution in [1.29, 1.82) is 0 Å². The van der Waals surface area contributed by atoms with Crippen molar-refractivity contribution in [3.63, 3.8) is 0 Å². The largest absolute Gasteiger partial charge is 0.573 e. The summed E-state index contributed by atoms with van der Waals surface area (Å²) in [4.78, 5) is 0. The van der Waals surface area contributed by atoms with Crippen LogP contribution in [0.15, 0.2) is 48.5 Å². The SMILES string of the molecule is CCCCCc1cc(F)c(C2=Cc3ccc(-c4ccc(OC(F)(F)F)cc4)c(F)c3CC2)c(F)c1.